The standard InChI is InChI=1S/C11H12N2O/c1-3-5-8-6-4-7-9(10(8)12)11(14)13-2/h1,4,6-7H,5,12H2,2H3,(H,13,14). The molecule has 0 heterocycles. The molecule has 1 amide bonds. The highest BCUT2D eigenvalue weighted by Crippen LogP contribution is 2.17. The summed E-state index contributed by atoms with van der Waals surface area (Å²) in [6, 6.07) is 5.27. The summed E-state index contributed by atoms with van der Waals surface area (Å²) < 4.78 is 0. The maximum absolute atomic E-state index is 11.3. The van der Waals surface area contributed by atoms with Gasteiger partial charge in [0.05, 0.1) is 5.56 Å². The van der Waals surface area contributed by atoms with Crippen molar-refractivity contribution in [3.8, 4) is 12.3 Å². The van der Waals surface area contributed by atoms with Gasteiger partial charge in [-0.3, -0.25) is 4.79 Å². The van der Waals surface area contributed by atoms with Gasteiger partial charge in [0.2, 0.25) is 0 Å². The van der Waals surface area contributed by atoms with E-state index < -0.39 is 0 Å². The van der Waals surface area contributed by atoms with E-state index in [1.54, 1.807) is 19.2 Å². The predicted molar refractivity (Wildman–Crippen MR) is 56.8 cm³/mol. The topological polar surface area (TPSA) is 55.1 Å². The molecule has 3 heteroatoms. The molecule has 0 saturated heterocycles. The monoisotopic (exact) mass is 188 g/mol. The molecule has 0 aliphatic carbocycles. The molecule has 0 aliphatic heterocycles. The fourth-order valence-corrected chi connectivity index (χ4v) is 1.21. The molecule has 0 fully saturated rings. The van der Waals surface area contributed by atoms with Crippen LogP contribution < -0.4 is 11.1 Å². The number of terminal acetylenes is 1. The van der Waals surface area contributed by atoms with Crippen LogP contribution in [0.15, 0.2) is 18.2 Å². The van der Waals surface area contributed by atoms with Gasteiger partial charge >= 0.3 is 0 Å². The third-order valence-corrected chi connectivity index (χ3v) is 1.96. The Morgan fingerprint density at radius 2 is 2.36 bits per heavy atom. The number of amides is 1. The number of nitrogens with one attached hydrogen (secondary N) is 1. The molecule has 0 aromatic heterocycles. The molecule has 1 aromatic carbocycles. The van der Waals surface area contributed by atoms with Crippen molar-refractivity contribution in [3.63, 3.8) is 0 Å². The summed E-state index contributed by atoms with van der Waals surface area (Å²) in [7, 11) is 1.57. The van der Waals surface area contributed by atoms with E-state index in [0.717, 1.165) is 5.56 Å². The second-order valence-corrected chi connectivity index (χ2v) is 2.84. The van der Waals surface area contributed by atoms with Crippen LogP contribution in [-0.4, -0.2) is 13.0 Å². The van der Waals surface area contributed by atoms with Gasteiger partial charge in [0.25, 0.3) is 5.91 Å². The zero-order chi connectivity index (χ0) is 10.6. The van der Waals surface area contributed by atoms with Crippen molar-refractivity contribution in [3.05, 3.63) is 29.3 Å². The lowest BCUT2D eigenvalue weighted by Gasteiger charge is -2.07. The van der Waals surface area contributed by atoms with Gasteiger partial charge in [0.15, 0.2) is 0 Å². The van der Waals surface area contributed by atoms with Gasteiger partial charge in [-0.05, 0) is 11.6 Å². The minimum Gasteiger partial charge on any atom is -0.398 e. The Kier molecular flexibility index (Phi) is 3.14. The van der Waals surface area contributed by atoms with E-state index in [9.17, 15) is 4.79 Å². The predicted octanol–water partition coefficient (Wildman–Crippen LogP) is 0.804. The quantitative estimate of drug-likeness (QED) is 0.533. The Hall–Kier alpha value is -1.95. The lowest BCUT2D eigenvalue weighted by atomic mass is 10.0. The molecule has 0 aliphatic rings. The fraction of sp³-hybridized carbons (Fsp3) is 0.182. The van der Waals surface area contributed by atoms with Crippen LogP contribution in [0.1, 0.15) is 15.9 Å². The zero-order valence-corrected chi connectivity index (χ0v) is 8.00. The van der Waals surface area contributed by atoms with E-state index in [-0.39, 0.29) is 5.91 Å². The van der Waals surface area contributed by atoms with Gasteiger partial charge in [-0.2, -0.15) is 0 Å². The number of carbonyl (C=O) groups is 1. The lowest BCUT2D eigenvalue weighted by Crippen LogP contribution is -2.19. The van der Waals surface area contributed by atoms with Crippen molar-refractivity contribution >= 4 is 11.6 Å². The van der Waals surface area contributed by atoms with Crippen LogP contribution in [0, 0.1) is 12.3 Å². The Bertz CT molecular complexity index is 391. The summed E-state index contributed by atoms with van der Waals surface area (Å²) in [5.74, 6) is 2.30. The normalized spacial score (nSPS) is 9.14. The number of anilines is 1. The average molecular weight is 188 g/mol. The van der Waals surface area contributed by atoms with Crippen LogP contribution in [0.2, 0.25) is 0 Å². The number of hydrogen-bond acceptors (Lipinski definition) is 2. The van der Waals surface area contributed by atoms with E-state index in [4.69, 9.17) is 12.2 Å². The maximum Gasteiger partial charge on any atom is 0.253 e. The molecule has 14 heavy (non-hydrogen) atoms. The van der Waals surface area contributed by atoms with Crippen LogP contribution in [0.25, 0.3) is 0 Å². The summed E-state index contributed by atoms with van der Waals surface area (Å²) in [4.78, 5) is 11.3. The third-order valence-electron chi connectivity index (χ3n) is 1.96. The van der Waals surface area contributed by atoms with E-state index in [2.05, 4.69) is 11.2 Å². The summed E-state index contributed by atoms with van der Waals surface area (Å²) in [5.41, 5.74) is 7.54. The van der Waals surface area contributed by atoms with Crippen molar-refractivity contribution < 1.29 is 4.79 Å². The van der Waals surface area contributed by atoms with Gasteiger partial charge in [-0.15, -0.1) is 12.3 Å². The Balaban J connectivity index is 3.15. The van der Waals surface area contributed by atoms with Gasteiger partial charge in [0.1, 0.15) is 0 Å². The van der Waals surface area contributed by atoms with Gasteiger partial charge < -0.3 is 11.1 Å². The Labute approximate surface area is 83.3 Å². The lowest BCUT2D eigenvalue weighted by molar-refractivity contribution is 0.0964. The molecule has 0 spiro atoms. The highest BCUT2D eigenvalue weighted by Gasteiger charge is 2.09. The first-order valence-electron chi connectivity index (χ1n) is 4.23. The largest absolute Gasteiger partial charge is 0.398 e. The maximum atomic E-state index is 11.3. The van der Waals surface area contributed by atoms with Crippen molar-refractivity contribution in [2.45, 2.75) is 6.42 Å². The molecule has 0 saturated carbocycles. The van der Waals surface area contributed by atoms with Crippen LogP contribution in [-0.2, 0) is 6.42 Å². The summed E-state index contributed by atoms with van der Waals surface area (Å²) in [5, 5.41) is 2.52. The summed E-state index contributed by atoms with van der Waals surface area (Å²) in [6.45, 7) is 0. The number of rotatable bonds is 2. The molecular formula is C11H12N2O. The highest BCUT2D eigenvalue weighted by molar-refractivity contribution is 5.99. The number of carbonyl (C=O) groups excluding carboxylic acids is 1. The molecule has 0 bridgehead atoms. The molecule has 1 aromatic rings. The molecule has 3 N–H and O–H groups in total. The molecule has 0 radical (unpaired) electrons. The fourth-order valence-electron chi connectivity index (χ4n) is 1.21. The smallest absolute Gasteiger partial charge is 0.253 e. The SMILES string of the molecule is C#CCc1cccc(C(=O)NC)c1N. The molecule has 0 unspecified atom stereocenters. The minimum absolute atomic E-state index is 0.193. The molecule has 72 valence electrons. The van der Waals surface area contributed by atoms with E-state index in [0.29, 0.717) is 17.7 Å². The number of hydrogen-bond donors (Lipinski definition) is 2. The van der Waals surface area contributed by atoms with Crippen molar-refractivity contribution in [2.24, 2.45) is 0 Å². The molecule has 3 nitrogen and oxygen atoms in total. The van der Waals surface area contributed by atoms with Crippen molar-refractivity contribution in [1.82, 2.24) is 5.32 Å². The summed E-state index contributed by atoms with van der Waals surface area (Å²) >= 11 is 0. The number of nitrogen functional groups attached to an aromatic ring is 1. The van der Waals surface area contributed by atoms with Crippen molar-refractivity contribution in [2.75, 3.05) is 12.8 Å². The average Bonchev–Trinajstić information content (AvgIpc) is 2.20. The minimum atomic E-state index is -0.193. The van der Waals surface area contributed by atoms with E-state index >= 15 is 0 Å². The van der Waals surface area contributed by atoms with E-state index in [1.165, 1.54) is 0 Å². The first-order chi connectivity index (χ1) is 6.70. The summed E-state index contributed by atoms with van der Waals surface area (Å²) in [6.07, 6.45) is 5.62. The van der Waals surface area contributed by atoms with Crippen molar-refractivity contribution in [1.29, 1.82) is 0 Å². The molecular weight excluding hydrogens is 176 g/mol. The van der Waals surface area contributed by atoms with Crippen LogP contribution in [0.4, 0.5) is 5.69 Å². The van der Waals surface area contributed by atoms with Gasteiger partial charge in [0, 0.05) is 19.2 Å². The highest BCUT2D eigenvalue weighted by atomic mass is 16.1. The van der Waals surface area contributed by atoms with Crippen LogP contribution >= 0.6 is 0 Å². The van der Waals surface area contributed by atoms with Crippen LogP contribution in [0.5, 0.6) is 0 Å². The molecule has 1 rings (SSSR count). The second kappa shape index (κ2) is 4.33. The number of nitrogens with two attached hydrogens (primary N) is 1. The Morgan fingerprint density at radius 1 is 1.64 bits per heavy atom. The third kappa shape index (κ3) is 1.86. The first-order valence-corrected chi connectivity index (χ1v) is 4.23. The molecule has 0 atom stereocenters. The first kappa shape index (κ1) is 10.1. The Morgan fingerprint density at radius 3 is 2.93 bits per heavy atom. The number of para-hydroxylation sites is 1. The van der Waals surface area contributed by atoms with E-state index in [1.807, 2.05) is 6.07 Å². The number of benzene rings is 1. The zero-order valence-electron chi connectivity index (χ0n) is 8.00. The van der Waals surface area contributed by atoms with Crippen LogP contribution in [0.3, 0.4) is 0 Å². The van der Waals surface area contributed by atoms with Gasteiger partial charge in [-0.1, -0.05) is 12.1 Å². The van der Waals surface area contributed by atoms with Gasteiger partial charge in [-0.25, -0.2) is 0 Å². The second-order valence-electron chi connectivity index (χ2n) is 2.84.